The molecule has 0 bridgehead atoms. The van der Waals surface area contributed by atoms with Crippen LogP contribution < -0.4 is 10.5 Å². The second kappa shape index (κ2) is 5.24. The lowest BCUT2D eigenvalue weighted by atomic mass is 10.2. The van der Waals surface area contributed by atoms with Crippen LogP contribution in [0.25, 0.3) is 11.1 Å². The van der Waals surface area contributed by atoms with Crippen LogP contribution in [0.2, 0.25) is 0 Å². The van der Waals surface area contributed by atoms with Crippen LogP contribution in [0.15, 0.2) is 50.5 Å². The number of aryl methyl sites for hydroxylation is 2. The van der Waals surface area contributed by atoms with Gasteiger partial charge < -0.3 is 4.42 Å². The first-order valence-electron chi connectivity index (χ1n) is 6.66. The van der Waals surface area contributed by atoms with Crippen LogP contribution in [-0.4, -0.2) is 13.0 Å². The third-order valence-corrected chi connectivity index (χ3v) is 4.80. The second-order valence-electron chi connectivity index (χ2n) is 5.15. The molecule has 8 heteroatoms. The minimum absolute atomic E-state index is 0.125. The summed E-state index contributed by atoms with van der Waals surface area (Å²) < 4.78 is 47.0. The van der Waals surface area contributed by atoms with Crippen molar-refractivity contribution in [2.45, 2.75) is 11.8 Å². The van der Waals surface area contributed by atoms with E-state index in [0.29, 0.717) is 11.1 Å². The van der Waals surface area contributed by atoms with Gasteiger partial charge >= 0.3 is 5.76 Å². The third-order valence-electron chi connectivity index (χ3n) is 3.44. The lowest BCUT2D eigenvalue weighted by Gasteiger charge is -2.09. The molecule has 0 fully saturated rings. The van der Waals surface area contributed by atoms with Crippen LogP contribution in [0.5, 0.6) is 0 Å². The van der Waals surface area contributed by atoms with E-state index in [1.807, 2.05) is 0 Å². The average molecular weight is 336 g/mol. The Morgan fingerprint density at radius 3 is 2.65 bits per heavy atom. The van der Waals surface area contributed by atoms with E-state index in [4.69, 9.17) is 4.42 Å². The van der Waals surface area contributed by atoms with Gasteiger partial charge in [-0.25, -0.2) is 17.6 Å². The number of halogens is 1. The molecule has 2 aromatic carbocycles. The van der Waals surface area contributed by atoms with E-state index in [9.17, 15) is 17.6 Å². The SMILES string of the molecule is Cc1ccc(F)c(NS(=O)(=O)c2ccc3c(c2)oc(=O)n3C)c1. The topological polar surface area (TPSA) is 81.3 Å². The van der Waals surface area contributed by atoms with E-state index in [1.54, 1.807) is 6.92 Å². The van der Waals surface area contributed by atoms with E-state index in [2.05, 4.69) is 4.72 Å². The molecule has 0 spiro atoms. The molecular formula is C15H13FN2O4S. The van der Waals surface area contributed by atoms with Crippen LogP contribution in [-0.2, 0) is 17.1 Å². The second-order valence-corrected chi connectivity index (χ2v) is 6.83. The van der Waals surface area contributed by atoms with Gasteiger partial charge in [0.15, 0.2) is 5.58 Å². The Bertz CT molecular complexity index is 1070. The van der Waals surface area contributed by atoms with Crippen LogP contribution in [0, 0.1) is 12.7 Å². The minimum atomic E-state index is -4.01. The molecular weight excluding hydrogens is 323 g/mol. The zero-order valence-electron chi connectivity index (χ0n) is 12.3. The maximum Gasteiger partial charge on any atom is 0.419 e. The van der Waals surface area contributed by atoms with Gasteiger partial charge in [-0.15, -0.1) is 0 Å². The number of rotatable bonds is 3. The zero-order valence-corrected chi connectivity index (χ0v) is 13.1. The van der Waals surface area contributed by atoms with E-state index >= 15 is 0 Å². The Morgan fingerprint density at radius 1 is 1.17 bits per heavy atom. The summed E-state index contributed by atoms with van der Waals surface area (Å²) in [5, 5.41) is 0. The highest BCUT2D eigenvalue weighted by molar-refractivity contribution is 7.92. The number of nitrogens with one attached hydrogen (secondary N) is 1. The van der Waals surface area contributed by atoms with Crippen LogP contribution >= 0.6 is 0 Å². The van der Waals surface area contributed by atoms with Crippen molar-refractivity contribution in [3.05, 3.63) is 58.3 Å². The maximum atomic E-state index is 13.7. The molecule has 0 aliphatic rings. The number of oxazole rings is 1. The average Bonchev–Trinajstić information content (AvgIpc) is 2.77. The molecule has 23 heavy (non-hydrogen) atoms. The summed E-state index contributed by atoms with van der Waals surface area (Å²) >= 11 is 0. The number of hydrogen-bond acceptors (Lipinski definition) is 4. The molecule has 3 aromatic rings. The van der Waals surface area contributed by atoms with Crippen molar-refractivity contribution in [2.75, 3.05) is 4.72 Å². The molecule has 0 atom stereocenters. The van der Waals surface area contributed by atoms with Gasteiger partial charge in [-0.1, -0.05) is 6.07 Å². The largest absolute Gasteiger partial charge is 0.419 e. The Kier molecular flexibility index (Phi) is 3.48. The summed E-state index contributed by atoms with van der Waals surface area (Å²) in [4.78, 5) is 11.3. The molecule has 0 radical (unpaired) electrons. The highest BCUT2D eigenvalue weighted by Crippen LogP contribution is 2.23. The van der Waals surface area contributed by atoms with Gasteiger partial charge in [0.25, 0.3) is 10.0 Å². The molecule has 3 rings (SSSR count). The van der Waals surface area contributed by atoms with Gasteiger partial charge in [0.05, 0.1) is 16.1 Å². The first-order valence-corrected chi connectivity index (χ1v) is 8.15. The number of nitrogens with zero attached hydrogens (tertiary/aromatic N) is 1. The lowest BCUT2D eigenvalue weighted by molar-refractivity contribution is 0.527. The molecule has 0 unspecified atom stereocenters. The lowest BCUT2D eigenvalue weighted by Crippen LogP contribution is -2.14. The standard InChI is InChI=1S/C15H13FN2O4S/c1-9-3-5-11(16)12(7-9)17-23(20,21)10-4-6-13-14(8-10)22-15(19)18(13)2/h3-8,17H,1-2H3. The van der Waals surface area contributed by atoms with Gasteiger partial charge in [-0.3, -0.25) is 9.29 Å². The van der Waals surface area contributed by atoms with Gasteiger partial charge in [0.2, 0.25) is 0 Å². The van der Waals surface area contributed by atoms with Crippen molar-refractivity contribution in [3.8, 4) is 0 Å². The highest BCUT2D eigenvalue weighted by Gasteiger charge is 2.18. The van der Waals surface area contributed by atoms with Crippen molar-refractivity contribution in [2.24, 2.45) is 7.05 Å². The first kappa shape index (κ1) is 15.3. The molecule has 0 amide bonds. The normalized spacial score (nSPS) is 11.8. The quantitative estimate of drug-likeness (QED) is 0.796. The molecule has 0 aliphatic heterocycles. The van der Waals surface area contributed by atoms with E-state index in [1.165, 1.54) is 48.0 Å². The molecule has 6 nitrogen and oxygen atoms in total. The Labute approximate surface area is 131 Å². The summed E-state index contributed by atoms with van der Waals surface area (Å²) in [7, 11) is -2.49. The minimum Gasteiger partial charge on any atom is -0.408 e. The molecule has 0 saturated heterocycles. The van der Waals surface area contributed by atoms with Gasteiger partial charge in [0.1, 0.15) is 5.82 Å². The Hall–Kier alpha value is -2.61. The van der Waals surface area contributed by atoms with Crippen molar-refractivity contribution in [1.82, 2.24) is 4.57 Å². The molecule has 0 saturated carbocycles. The fourth-order valence-corrected chi connectivity index (χ4v) is 3.28. The molecule has 120 valence electrons. The summed E-state index contributed by atoms with van der Waals surface area (Å²) in [6.45, 7) is 1.72. The fourth-order valence-electron chi connectivity index (χ4n) is 2.20. The number of hydrogen-bond donors (Lipinski definition) is 1. The predicted octanol–water partition coefficient (Wildman–Crippen LogP) is 2.38. The number of benzene rings is 2. The summed E-state index contributed by atoms with van der Waals surface area (Å²) in [6.07, 6.45) is 0. The molecule has 1 aromatic heterocycles. The number of fused-ring (bicyclic) bond motifs is 1. The fraction of sp³-hybridized carbons (Fsp3) is 0.133. The number of anilines is 1. The first-order chi connectivity index (χ1) is 10.8. The molecule has 1 heterocycles. The van der Waals surface area contributed by atoms with Crippen molar-refractivity contribution in [3.63, 3.8) is 0 Å². The van der Waals surface area contributed by atoms with Gasteiger partial charge in [0, 0.05) is 13.1 Å². The summed E-state index contributed by atoms with van der Waals surface area (Å²) in [5.74, 6) is -1.27. The van der Waals surface area contributed by atoms with Gasteiger partial charge in [-0.05, 0) is 36.8 Å². The monoisotopic (exact) mass is 336 g/mol. The van der Waals surface area contributed by atoms with Crippen molar-refractivity contribution < 1.29 is 17.2 Å². The highest BCUT2D eigenvalue weighted by atomic mass is 32.2. The van der Waals surface area contributed by atoms with Crippen LogP contribution in [0.3, 0.4) is 0 Å². The van der Waals surface area contributed by atoms with Crippen molar-refractivity contribution >= 4 is 26.8 Å². The molecule has 0 aliphatic carbocycles. The van der Waals surface area contributed by atoms with Gasteiger partial charge in [-0.2, -0.15) is 0 Å². The van der Waals surface area contributed by atoms with E-state index in [0.717, 1.165) is 0 Å². The number of aromatic nitrogens is 1. The smallest absolute Gasteiger partial charge is 0.408 e. The van der Waals surface area contributed by atoms with Crippen LogP contribution in [0.4, 0.5) is 10.1 Å². The predicted molar refractivity (Wildman–Crippen MR) is 83.4 cm³/mol. The molecule has 1 N–H and O–H groups in total. The Balaban J connectivity index is 2.05. The van der Waals surface area contributed by atoms with E-state index < -0.39 is 21.6 Å². The number of sulfonamides is 1. The third kappa shape index (κ3) is 2.72. The van der Waals surface area contributed by atoms with Crippen molar-refractivity contribution in [1.29, 1.82) is 0 Å². The maximum absolute atomic E-state index is 13.7. The summed E-state index contributed by atoms with van der Waals surface area (Å²) in [5.41, 5.74) is 1.19. The van der Waals surface area contributed by atoms with E-state index in [-0.39, 0.29) is 16.2 Å². The zero-order chi connectivity index (χ0) is 16.8. The summed E-state index contributed by atoms with van der Waals surface area (Å²) in [6, 6.07) is 8.14. The van der Waals surface area contributed by atoms with Crippen LogP contribution in [0.1, 0.15) is 5.56 Å². The Morgan fingerprint density at radius 2 is 1.91 bits per heavy atom.